The van der Waals surface area contributed by atoms with E-state index in [9.17, 15) is 13.2 Å². The van der Waals surface area contributed by atoms with Gasteiger partial charge in [0, 0.05) is 38.1 Å². The van der Waals surface area contributed by atoms with Gasteiger partial charge in [0.05, 0.1) is 5.00 Å². The Morgan fingerprint density at radius 2 is 1.90 bits per heavy atom. The van der Waals surface area contributed by atoms with Gasteiger partial charge in [0.15, 0.2) is 5.96 Å². The van der Waals surface area contributed by atoms with Gasteiger partial charge in [-0.25, -0.2) is 0 Å². The van der Waals surface area contributed by atoms with E-state index in [1.54, 1.807) is 36.6 Å². The van der Waals surface area contributed by atoms with Crippen molar-refractivity contribution in [1.82, 2.24) is 10.6 Å². The first-order valence-corrected chi connectivity index (χ1v) is 10.9. The molecule has 1 aromatic carbocycles. The van der Waals surface area contributed by atoms with Gasteiger partial charge in [-0.2, -0.15) is 0 Å². The highest BCUT2D eigenvalue weighted by Gasteiger charge is 2.42. The maximum atomic E-state index is 12.7. The molecule has 30 heavy (non-hydrogen) atoms. The molecular weight excluding hydrogens is 413 g/mol. The smallest absolute Gasteiger partial charge is 0.405 e. The first-order valence-electron chi connectivity index (χ1n) is 10.1. The number of aliphatic imine (C=N–C) groups is 1. The van der Waals surface area contributed by atoms with Crippen LogP contribution in [0.15, 0.2) is 46.8 Å². The standard InChI is InChI=1S/C21H25F3N4OS/c1-25-20(26-14-8-10-28(11-9-14)19-7-4-12-30-19)27-17-13-16(17)15-5-2-3-6-18(15)29-21(22,23)24/h2-7,12,14,16-17H,8-11,13H2,1H3,(H2,25,26,27). The fourth-order valence-corrected chi connectivity index (χ4v) is 4.72. The summed E-state index contributed by atoms with van der Waals surface area (Å²) in [6.45, 7) is 1.98. The predicted octanol–water partition coefficient (Wildman–Crippen LogP) is 4.34. The van der Waals surface area contributed by atoms with Gasteiger partial charge in [-0.15, -0.1) is 24.5 Å². The molecule has 5 nitrogen and oxygen atoms in total. The average molecular weight is 439 g/mol. The molecular formula is C21H25F3N4OS. The van der Waals surface area contributed by atoms with Crippen molar-refractivity contribution < 1.29 is 17.9 Å². The zero-order chi connectivity index (χ0) is 21.1. The normalized spacial score (nSPS) is 22.7. The fraction of sp³-hybridized carbons (Fsp3) is 0.476. The van der Waals surface area contributed by atoms with E-state index in [1.807, 2.05) is 0 Å². The summed E-state index contributed by atoms with van der Waals surface area (Å²) >= 11 is 1.76. The lowest BCUT2D eigenvalue weighted by Gasteiger charge is -2.33. The first kappa shape index (κ1) is 20.8. The minimum Gasteiger partial charge on any atom is -0.405 e. The molecule has 0 spiro atoms. The highest BCUT2D eigenvalue weighted by molar-refractivity contribution is 7.14. The molecule has 2 N–H and O–H groups in total. The lowest BCUT2D eigenvalue weighted by Crippen LogP contribution is -2.49. The van der Waals surface area contributed by atoms with Gasteiger partial charge in [-0.3, -0.25) is 4.99 Å². The van der Waals surface area contributed by atoms with Crippen LogP contribution < -0.4 is 20.3 Å². The number of piperidine rings is 1. The number of halogens is 3. The van der Waals surface area contributed by atoms with E-state index in [2.05, 4.69) is 42.8 Å². The average Bonchev–Trinajstić information content (AvgIpc) is 3.24. The maximum absolute atomic E-state index is 12.7. The van der Waals surface area contributed by atoms with Crippen molar-refractivity contribution in [2.24, 2.45) is 4.99 Å². The fourth-order valence-electron chi connectivity index (χ4n) is 3.94. The summed E-state index contributed by atoms with van der Waals surface area (Å²) in [6, 6.07) is 10.9. The van der Waals surface area contributed by atoms with E-state index in [0.29, 0.717) is 17.6 Å². The van der Waals surface area contributed by atoms with Gasteiger partial charge in [0.25, 0.3) is 0 Å². The molecule has 2 aliphatic rings. The Bertz CT molecular complexity index is 863. The Labute approximate surface area is 177 Å². The van der Waals surface area contributed by atoms with Crippen LogP contribution >= 0.6 is 11.3 Å². The number of nitrogens with zero attached hydrogens (tertiary/aromatic N) is 2. The highest BCUT2D eigenvalue weighted by atomic mass is 32.1. The van der Waals surface area contributed by atoms with Crippen LogP contribution in [-0.2, 0) is 0 Å². The summed E-state index contributed by atoms with van der Waals surface area (Å²) in [4.78, 5) is 6.71. The quantitative estimate of drug-likeness (QED) is 0.539. The minimum absolute atomic E-state index is 0.0252. The van der Waals surface area contributed by atoms with Crippen LogP contribution in [0.2, 0.25) is 0 Å². The lowest BCUT2D eigenvalue weighted by atomic mass is 10.1. The summed E-state index contributed by atoms with van der Waals surface area (Å²) in [6.07, 6.45) is -1.93. The second-order valence-corrected chi connectivity index (χ2v) is 8.53. The van der Waals surface area contributed by atoms with Gasteiger partial charge in [-0.1, -0.05) is 18.2 Å². The van der Waals surface area contributed by atoms with E-state index in [-0.39, 0.29) is 17.7 Å². The van der Waals surface area contributed by atoms with Crippen molar-refractivity contribution in [3.63, 3.8) is 0 Å². The zero-order valence-corrected chi connectivity index (χ0v) is 17.5. The molecule has 2 atom stereocenters. The predicted molar refractivity (Wildman–Crippen MR) is 113 cm³/mol. The third kappa shape index (κ3) is 5.19. The van der Waals surface area contributed by atoms with Crippen molar-refractivity contribution in [3.8, 4) is 5.75 Å². The Hall–Kier alpha value is -2.42. The SMILES string of the molecule is CN=C(NC1CCN(c2cccs2)CC1)NC1CC1c1ccccc1OC(F)(F)F. The van der Waals surface area contributed by atoms with Crippen LogP contribution in [0.4, 0.5) is 18.2 Å². The van der Waals surface area contributed by atoms with Gasteiger partial charge in [-0.05, 0) is 48.4 Å². The number of hydrogen-bond donors (Lipinski definition) is 2. The monoisotopic (exact) mass is 438 g/mol. The molecule has 1 saturated heterocycles. The number of guanidine groups is 1. The number of hydrogen-bond acceptors (Lipinski definition) is 4. The number of benzene rings is 1. The molecule has 0 amide bonds. The third-order valence-corrected chi connectivity index (χ3v) is 6.46. The Morgan fingerprint density at radius 3 is 2.57 bits per heavy atom. The summed E-state index contributed by atoms with van der Waals surface area (Å²) < 4.78 is 42.2. The van der Waals surface area contributed by atoms with Crippen molar-refractivity contribution in [2.45, 2.75) is 43.6 Å². The molecule has 1 saturated carbocycles. The molecule has 2 unspecified atom stereocenters. The van der Waals surface area contributed by atoms with E-state index < -0.39 is 6.36 Å². The van der Waals surface area contributed by atoms with Crippen LogP contribution in [0.5, 0.6) is 5.75 Å². The summed E-state index contributed by atoms with van der Waals surface area (Å²) in [5, 5.41) is 10.2. The molecule has 2 aromatic rings. The van der Waals surface area contributed by atoms with Crippen LogP contribution in [0.25, 0.3) is 0 Å². The van der Waals surface area contributed by atoms with Crippen LogP contribution in [-0.4, -0.2) is 44.5 Å². The van der Waals surface area contributed by atoms with Gasteiger partial charge in [0.2, 0.25) is 0 Å². The van der Waals surface area contributed by atoms with Gasteiger partial charge in [0.1, 0.15) is 5.75 Å². The Balaban J connectivity index is 1.29. The minimum atomic E-state index is -4.69. The summed E-state index contributed by atoms with van der Waals surface area (Å²) in [7, 11) is 1.72. The number of ether oxygens (including phenoxy) is 1. The molecule has 162 valence electrons. The van der Waals surface area contributed by atoms with Crippen molar-refractivity contribution >= 4 is 22.3 Å². The van der Waals surface area contributed by atoms with E-state index in [0.717, 1.165) is 32.4 Å². The van der Waals surface area contributed by atoms with Crippen molar-refractivity contribution in [1.29, 1.82) is 0 Å². The molecule has 0 bridgehead atoms. The van der Waals surface area contributed by atoms with Crippen LogP contribution in [0.1, 0.15) is 30.7 Å². The largest absolute Gasteiger partial charge is 0.573 e. The van der Waals surface area contributed by atoms with Gasteiger partial charge < -0.3 is 20.3 Å². The maximum Gasteiger partial charge on any atom is 0.573 e. The molecule has 1 aliphatic carbocycles. The molecule has 2 fully saturated rings. The third-order valence-electron chi connectivity index (χ3n) is 5.53. The van der Waals surface area contributed by atoms with Gasteiger partial charge >= 0.3 is 6.36 Å². The second-order valence-electron chi connectivity index (χ2n) is 7.61. The molecule has 1 aliphatic heterocycles. The van der Waals surface area contributed by atoms with Crippen LogP contribution in [0.3, 0.4) is 0 Å². The van der Waals surface area contributed by atoms with Crippen LogP contribution in [0, 0.1) is 0 Å². The molecule has 2 heterocycles. The van der Waals surface area contributed by atoms with E-state index >= 15 is 0 Å². The van der Waals surface area contributed by atoms with E-state index in [1.165, 1.54) is 11.1 Å². The number of nitrogens with one attached hydrogen (secondary N) is 2. The Morgan fingerprint density at radius 1 is 1.13 bits per heavy atom. The summed E-state index contributed by atoms with van der Waals surface area (Å²) in [5.74, 6) is 0.553. The molecule has 0 radical (unpaired) electrons. The number of thiophene rings is 1. The Kier molecular flexibility index (Phi) is 6.08. The second kappa shape index (κ2) is 8.75. The zero-order valence-electron chi connectivity index (χ0n) is 16.7. The van der Waals surface area contributed by atoms with Crippen molar-refractivity contribution in [2.75, 3.05) is 25.0 Å². The lowest BCUT2D eigenvalue weighted by molar-refractivity contribution is -0.274. The van der Waals surface area contributed by atoms with Crippen molar-refractivity contribution in [3.05, 3.63) is 47.3 Å². The summed E-state index contributed by atoms with van der Waals surface area (Å²) in [5.41, 5.74) is 0.576. The molecule has 1 aromatic heterocycles. The number of rotatable bonds is 5. The number of para-hydroxylation sites is 1. The topological polar surface area (TPSA) is 48.9 Å². The molecule has 4 rings (SSSR count). The number of alkyl halides is 3. The first-order chi connectivity index (χ1) is 14.4. The molecule has 9 heteroatoms. The number of anilines is 1. The van der Waals surface area contributed by atoms with E-state index in [4.69, 9.17) is 0 Å². The highest BCUT2D eigenvalue weighted by Crippen LogP contribution is 2.45.